The van der Waals surface area contributed by atoms with E-state index in [-0.39, 0.29) is 15.9 Å². The van der Waals surface area contributed by atoms with Crippen molar-refractivity contribution in [3.8, 4) is 28.3 Å². The van der Waals surface area contributed by atoms with Crippen LogP contribution in [0.5, 0.6) is 0 Å². The van der Waals surface area contributed by atoms with Crippen LogP contribution in [0, 0.1) is 0 Å². The van der Waals surface area contributed by atoms with E-state index in [1.54, 1.807) is 35.0 Å². The van der Waals surface area contributed by atoms with E-state index in [2.05, 4.69) is 43.0 Å². The maximum absolute atomic E-state index is 13.5. The lowest BCUT2D eigenvalue weighted by atomic mass is 9.87. The third kappa shape index (κ3) is 5.69. The first-order valence-corrected chi connectivity index (χ1v) is 17.2. The van der Waals surface area contributed by atoms with E-state index >= 15 is 0 Å². The molecule has 0 spiro atoms. The topological polar surface area (TPSA) is 112 Å². The number of hydrogen-bond donors (Lipinski definition) is 0. The molecule has 1 aliphatic rings. The normalized spacial score (nSPS) is 15.2. The summed E-state index contributed by atoms with van der Waals surface area (Å²) in [4.78, 5) is 18.9. The summed E-state index contributed by atoms with van der Waals surface area (Å²) in [5.41, 5.74) is 4.69. The highest BCUT2D eigenvalue weighted by molar-refractivity contribution is 7.89. The van der Waals surface area contributed by atoms with Crippen LogP contribution in [0.1, 0.15) is 31.9 Å². The highest BCUT2D eigenvalue weighted by Gasteiger charge is 2.26. The van der Waals surface area contributed by atoms with E-state index in [0.29, 0.717) is 52.9 Å². The Bertz CT molecular complexity index is 2240. The van der Waals surface area contributed by atoms with Gasteiger partial charge in [0.05, 0.1) is 34.0 Å². The van der Waals surface area contributed by atoms with Gasteiger partial charge in [-0.3, -0.25) is 4.79 Å². The molecule has 1 saturated heterocycles. The predicted molar refractivity (Wildman–Crippen MR) is 179 cm³/mol. The molecule has 6 aromatic rings. The Morgan fingerprint density at radius 2 is 1.54 bits per heavy atom. The number of nitrogens with zero attached hydrogens (tertiary/aromatic N) is 6. The molecule has 0 amide bonds. The predicted octanol–water partition coefficient (Wildman–Crippen LogP) is 4.54. The van der Waals surface area contributed by atoms with Crippen molar-refractivity contribution in [1.29, 1.82) is 0 Å². The number of thiazole rings is 1. The van der Waals surface area contributed by atoms with Crippen LogP contribution in [0.2, 0.25) is 0 Å². The van der Waals surface area contributed by atoms with Gasteiger partial charge in [-0.15, -0.1) is 5.10 Å². The highest BCUT2D eigenvalue weighted by Crippen LogP contribution is 2.28. The van der Waals surface area contributed by atoms with Crippen molar-refractivity contribution >= 4 is 32.4 Å². The summed E-state index contributed by atoms with van der Waals surface area (Å²) in [5.74, 6) is 0.500. The second-order valence-corrected chi connectivity index (χ2v) is 15.1. The zero-order valence-corrected chi connectivity index (χ0v) is 27.3. The maximum Gasteiger partial charge on any atom is 0.291 e. The van der Waals surface area contributed by atoms with Crippen LogP contribution in [-0.4, -0.2) is 63.4 Å². The Balaban J connectivity index is 1.26. The van der Waals surface area contributed by atoms with Gasteiger partial charge < -0.3 is 4.74 Å². The zero-order chi connectivity index (χ0) is 32.1. The van der Waals surface area contributed by atoms with Crippen LogP contribution < -0.4 is 10.1 Å². The summed E-state index contributed by atoms with van der Waals surface area (Å²) in [6.07, 6.45) is 3.65. The highest BCUT2D eigenvalue weighted by atomic mass is 32.2. The first-order valence-electron chi connectivity index (χ1n) is 14.9. The minimum absolute atomic E-state index is 0.0310. The molecule has 10 nitrogen and oxygen atoms in total. The van der Waals surface area contributed by atoms with Crippen LogP contribution in [0.25, 0.3) is 39.4 Å². The molecule has 0 N–H and O–H groups in total. The van der Waals surface area contributed by atoms with Crippen molar-refractivity contribution in [2.45, 2.75) is 31.1 Å². The monoisotopic (exact) mass is 652 g/mol. The number of para-hydroxylation sites is 1. The number of aromatic nitrogens is 5. The average molecular weight is 653 g/mol. The van der Waals surface area contributed by atoms with E-state index in [4.69, 9.17) is 9.84 Å². The van der Waals surface area contributed by atoms with Gasteiger partial charge in [-0.05, 0) is 41.3 Å². The van der Waals surface area contributed by atoms with Gasteiger partial charge in [-0.25, -0.2) is 13.1 Å². The molecule has 234 valence electrons. The number of ether oxygens (including phenoxy) is 1. The third-order valence-electron chi connectivity index (χ3n) is 7.98. The Morgan fingerprint density at radius 3 is 2.20 bits per heavy atom. The number of hydrogen-bond acceptors (Lipinski definition) is 8. The van der Waals surface area contributed by atoms with Crippen LogP contribution >= 0.6 is 11.3 Å². The van der Waals surface area contributed by atoms with Gasteiger partial charge in [0.15, 0.2) is 5.82 Å². The van der Waals surface area contributed by atoms with Gasteiger partial charge in [0.25, 0.3) is 5.56 Å². The van der Waals surface area contributed by atoms with Gasteiger partial charge >= 0.3 is 0 Å². The standard InChI is InChI=1S/C34H32N6O4S2/c1-34(2,3)26-13-9-24(10-14-26)31-35-33-40(37-31)32(41)29(45-33)21-25-22-39(27-7-5-4-6-8-27)36-30(25)23-11-15-28(16-12-23)46(42,43)38-17-19-44-20-18-38/h4-16,21-22H,17-20H2,1-3H3. The Labute approximate surface area is 270 Å². The molecule has 0 unspecified atom stereocenters. The first kappa shape index (κ1) is 30.2. The van der Waals surface area contributed by atoms with Crippen LogP contribution in [-0.2, 0) is 20.2 Å². The number of fused-ring (bicyclic) bond motifs is 1. The molecule has 1 aliphatic heterocycles. The van der Waals surface area contributed by atoms with Crippen molar-refractivity contribution in [1.82, 2.24) is 28.7 Å². The minimum Gasteiger partial charge on any atom is -0.379 e. The minimum atomic E-state index is -3.64. The van der Waals surface area contributed by atoms with E-state index in [9.17, 15) is 13.2 Å². The van der Waals surface area contributed by atoms with Gasteiger partial charge in [0.1, 0.15) is 0 Å². The quantitative estimate of drug-likeness (QED) is 0.260. The molecule has 0 radical (unpaired) electrons. The van der Waals surface area contributed by atoms with Crippen molar-refractivity contribution < 1.29 is 13.2 Å². The second-order valence-electron chi connectivity index (χ2n) is 12.1. The molecule has 46 heavy (non-hydrogen) atoms. The Morgan fingerprint density at radius 1 is 0.870 bits per heavy atom. The van der Waals surface area contributed by atoms with Crippen LogP contribution in [0.4, 0.5) is 0 Å². The van der Waals surface area contributed by atoms with Gasteiger partial charge in [-0.1, -0.05) is 86.7 Å². The summed E-state index contributed by atoms with van der Waals surface area (Å²) in [5, 5.41) is 9.39. The molecule has 0 saturated carbocycles. The first-order chi connectivity index (χ1) is 22.1. The summed E-state index contributed by atoms with van der Waals surface area (Å²) >= 11 is 1.26. The summed E-state index contributed by atoms with van der Waals surface area (Å²) in [6, 6.07) is 24.5. The van der Waals surface area contributed by atoms with E-state index in [1.807, 2.05) is 48.7 Å². The Hall–Kier alpha value is -4.49. The van der Waals surface area contributed by atoms with Crippen LogP contribution in [0.15, 0.2) is 94.7 Å². The largest absolute Gasteiger partial charge is 0.379 e. The molecular weight excluding hydrogens is 621 g/mol. The van der Waals surface area contributed by atoms with Crippen molar-refractivity contribution in [3.05, 3.63) is 111 Å². The van der Waals surface area contributed by atoms with E-state index in [0.717, 1.165) is 16.8 Å². The zero-order valence-electron chi connectivity index (χ0n) is 25.6. The smallest absolute Gasteiger partial charge is 0.291 e. The van der Waals surface area contributed by atoms with Gasteiger partial charge in [-0.2, -0.15) is 18.9 Å². The molecular formula is C34H32N6O4S2. The number of sulfonamides is 1. The van der Waals surface area contributed by atoms with Crippen LogP contribution in [0.3, 0.4) is 0 Å². The fraction of sp³-hybridized carbons (Fsp3) is 0.235. The van der Waals surface area contributed by atoms with Gasteiger partial charge in [0.2, 0.25) is 15.0 Å². The molecule has 0 aliphatic carbocycles. The van der Waals surface area contributed by atoms with Crippen molar-refractivity contribution in [2.24, 2.45) is 0 Å². The maximum atomic E-state index is 13.5. The number of benzene rings is 3. The molecule has 1 fully saturated rings. The molecule has 12 heteroatoms. The third-order valence-corrected chi connectivity index (χ3v) is 10.8. The fourth-order valence-corrected chi connectivity index (χ4v) is 7.67. The molecule has 3 aromatic carbocycles. The molecule has 4 heterocycles. The number of morpholine rings is 1. The average Bonchev–Trinajstić information content (AvgIpc) is 3.76. The van der Waals surface area contributed by atoms with Crippen molar-refractivity contribution in [2.75, 3.05) is 26.3 Å². The Kier molecular flexibility index (Phi) is 7.68. The van der Waals surface area contributed by atoms with Crippen molar-refractivity contribution in [3.63, 3.8) is 0 Å². The summed E-state index contributed by atoms with van der Waals surface area (Å²) < 4.78 is 36.7. The SMILES string of the molecule is CC(C)(C)c1ccc(-c2nc3sc(=Cc4cn(-c5ccccc5)nc4-c4ccc(S(=O)(=O)N5CCOCC5)cc4)c(=O)n3n2)cc1. The molecule has 0 atom stereocenters. The lowest BCUT2D eigenvalue weighted by Crippen LogP contribution is -2.40. The fourth-order valence-electron chi connectivity index (χ4n) is 5.37. The molecule has 0 bridgehead atoms. The second kappa shape index (κ2) is 11.7. The lowest BCUT2D eigenvalue weighted by Gasteiger charge is -2.26. The van der Waals surface area contributed by atoms with E-state index < -0.39 is 10.0 Å². The summed E-state index contributed by atoms with van der Waals surface area (Å²) in [7, 11) is -3.64. The van der Waals surface area contributed by atoms with Gasteiger partial charge in [0, 0.05) is 36.0 Å². The lowest BCUT2D eigenvalue weighted by molar-refractivity contribution is 0.0730. The van der Waals surface area contributed by atoms with E-state index in [1.165, 1.54) is 25.7 Å². The number of rotatable bonds is 6. The molecule has 7 rings (SSSR count). The summed E-state index contributed by atoms with van der Waals surface area (Å²) in [6.45, 7) is 7.90. The molecule has 3 aromatic heterocycles.